The molecule has 156 valence electrons. The van der Waals surface area contributed by atoms with Gasteiger partial charge in [0.1, 0.15) is 6.04 Å². The van der Waals surface area contributed by atoms with E-state index in [1.165, 1.54) is 0 Å². The molecule has 2 unspecified atom stereocenters. The van der Waals surface area contributed by atoms with Crippen molar-refractivity contribution in [3.63, 3.8) is 0 Å². The molecule has 0 aromatic heterocycles. The molecule has 0 bridgehead atoms. The Balaban J connectivity index is 2.07. The lowest BCUT2D eigenvalue weighted by molar-refractivity contribution is -0.140. The van der Waals surface area contributed by atoms with Gasteiger partial charge in [-0.25, -0.2) is 0 Å². The van der Waals surface area contributed by atoms with Crippen LogP contribution in [0.1, 0.15) is 39.2 Å². The summed E-state index contributed by atoms with van der Waals surface area (Å²) < 4.78 is 0.957. The van der Waals surface area contributed by atoms with E-state index in [1.54, 1.807) is 23.6 Å². The first-order valence-corrected chi connectivity index (χ1v) is 11.7. The van der Waals surface area contributed by atoms with Gasteiger partial charge in [-0.15, -0.1) is 11.8 Å². The maximum atomic E-state index is 13.0. The molecule has 0 saturated heterocycles. The number of nitrogens with one attached hydrogen (secondary N) is 1. The third-order valence-corrected chi connectivity index (χ3v) is 6.25. The molecule has 0 radical (unpaired) electrons. The highest BCUT2D eigenvalue weighted by Crippen LogP contribution is 2.20. The molecule has 0 aliphatic rings. The second kappa shape index (κ2) is 12.0. The molecule has 0 fully saturated rings. The maximum absolute atomic E-state index is 13.0. The van der Waals surface area contributed by atoms with Crippen LogP contribution in [0.2, 0.25) is 0 Å². The van der Waals surface area contributed by atoms with Crippen LogP contribution in [0.5, 0.6) is 0 Å². The number of benzene rings is 2. The lowest BCUT2D eigenvalue weighted by atomic mass is 10.1. The molecule has 2 aromatic carbocycles. The van der Waals surface area contributed by atoms with Crippen LogP contribution in [0, 0.1) is 0 Å². The molecule has 0 aliphatic heterocycles. The van der Waals surface area contributed by atoms with E-state index in [1.807, 2.05) is 68.4 Å². The molecular weight excluding hydrogens is 448 g/mol. The fraction of sp³-hybridized carbons (Fsp3) is 0.391. The first kappa shape index (κ1) is 23.5. The molecule has 2 amide bonds. The monoisotopic (exact) mass is 476 g/mol. The summed E-state index contributed by atoms with van der Waals surface area (Å²) in [6.07, 6.45) is 1.24. The van der Waals surface area contributed by atoms with Crippen molar-refractivity contribution in [3.8, 4) is 0 Å². The van der Waals surface area contributed by atoms with Crippen LogP contribution in [-0.2, 0) is 16.1 Å². The molecule has 2 aromatic rings. The Morgan fingerprint density at radius 1 is 1.10 bits per heavy atom. The number of nitrogens with zero attached hydrogens (tertiary/aromatic N) is 1. The SMILES string of the molecule is CCC(C)NC(=O)C(C)N(Cc1cccc(Br)c1)C(=O)CCSc1ccccc1. The van der Waals surface area contributed by atoms with Gasteiger partial charge >= 0.3 is 0 Å². The number of amides is 2. The Morgan fingerprint density at radius 2 is 1.83 bits per heavy atom. The molecule has 0 aliphatic carbocycles. The van der Waals surface area contributed by atoms with Gasteiger partial charge in [-0.2, -0.15) is 0 Å². The average Bonchev–Trinajstić information content (AvgIpc) is 2.72. The molecule has 4 nitrogen and oxygen atoms in total. The van der Waals surface area contributed by atoms with E-state index in [-0.39, 0.29) is 17.9 Å². The normalized spacial score (nSPS) is 12.8. The van der Waals surface area contributed by atoms with Crippen molar-refractivity contribution in [1.82, 2.24) is 10.2 Å². The van der Waals surface area contributed by atoms with Crippen molar-refractivity contribution >= 4 is 39.5 Å². The van der Waals surface area contributed by atoms with E-state index in [0.29, 0.717) is 18.7 Å². The Morgan fingerprint density at radius 3 is 2.48 bits per heavy atom. The Labute approximate surface area is 186 Å². The van der Waals surface area contributed by atoms with Gasteiger partial charge in [0.05, 0.1) is 0 Å². The van der Waals surface area contributed by atoms with Crippen LogP contribution in [-0.4, -0.2) is 34.6 Å². The summed E-state index contributed by atoms with van der Waals surface area (Å²) in [6.45, 7) is 6.21. The number of hydrogen-bond acceptors (Lipinski definition) is 3. The minimum atomic E-state index is -0.530. The standard InChI is InChI=1S/C23H29BrN2O2S/c1-4-17(2)25-23(28)18(3)26(16-19-9-8-10-20(24)15-19)22(27)13-14-29-21-11-6-5-7-12-21/h5-12,15,17-18H,4,13-14,16H2,1-3H3,(H,25,28). The maximum Gasteiger partial charge on any atom is 0.242 e. The lowest BCUT2D eigenvalue weighted by Crippen LogP contribution is -2.49. The first-order valence-electron chi connectivity index (χ1n) is 9.92. The van der Waals surface area contributed by atoms with Crippen molar-refractivity contribution in [1.29, 1.82) is 0 Å². The van der Waals surface area contributed by atoms with E-state index in [2.05, 4.69) is 21.2 Å². The second-order valence-corrected chi connectivity index (χ2v) is 9.14. The summed E-state index contributed by atoms with van der Waals surface area (Å²) >= 11 is 5.13. The number of thioether (sulfide) groups is 1. The zero-order chi connectivity index (χ0) is 21.2. The average molecular weight is 477 g/mol. The van der Waals surface area contributed by atoms with Crippen molar-refractivity contribution in [3.05, 3.63) is 64.6 Å². The molecule has 6 heteroatoms. The summed E-state index contributed by atoms with van der Waals surface area (Å²) in [7, 11) is 0. The highest BCUT2D eigenvalue weighted by Gasteiger charge is 2.26. The lowest BCUT2D eigenvalue weighted by Gasteiger charge is -2.29. The molecule has 29 heavy (non-hydrogen) atoms. The van der Waals surface area contributed by atoms with E-state index in [4.69, 9.17) is 0 Å². The molecule has 0 spiro atoms. The summed E-state index contributed by atoms with van der Waals surface area (Å²) in [4.78, 5) is 28.6. The van der Waals surface area contributed by atoms with Gasteiger partial charge in [-0.1, -0.05) is 53.2 Å². The Kier molecular flexibility index (Phi) is 9.74. The van der Waals surface area contributed by atoms with E-state index >= 15 is 0 Å². The summed E-state index contributed by atoms with van der Waals surface area (Å²) in [5, 5.41) is 3.00. The van der Waals surface area contributed by atoms with Crippen LogP contribution in [0.4, 0.5) is 0 Å². The minimum Gasteiger partial charge on any atom is -0.352 e. The molecule has 0 heterocycles. The van der Waals surface area contributed by atoms with Crippen molar-refractivity contribution in [2.45, 2.75) is 57.1 Å². The quantitative estimate of drug-likeness (QED) is 0.475. The van der Waals surface area contributed by atoms with E-state index in [9.17, 15) is 9.59 Å². The van der Waals surface area contributed by atoms with Gasteiger partial charge in [0, 0.05) is 34.1 Å². The zero-order valence-electron chi connectivity index (χ0n) is 17.2. The van der Waals surface area contributed by atoms with Crippen LogP contribution >= 0.6 is 27.7 Å². The number of carbonyl (C=O) groups is 2. The predicted octanol–water partition coefficient (Wildman–Crippen LogP) is 5.26. The zero-order valence-corrected chi connectivity index (χ0v) is 19.6. The summed E-state index contributed by atoms with van der Waals surface area (Å²) in [5.41, 5.74) is 0.992. The van der Waals surface area contributed by atoms with Crippen LogP contribution in [0.25, 0.3) is 0 Å². The van der Waals surface area contributed by atoms with Gasteiger partial charge in [0.15, 0.2) is 0 Å². The van der Waals surface area contributed by atoms with Crippen molar-refractivity contribution < 1.29 is 9.59 Å². The number of hydrogen-bond donors (Lipinski definition) is 1. The second-order valence-electron chi connectivity index (χ2n) is 7.06. The molecule has 1 N–H and O–H groups in total. The van der Waals surface area contributed by atoms with Gasteiger partial charge < -0.3 is 10.2 Å². The Bertz CT molecular complexity index is 800. The highest BCUT2D eigenvalue weighted by molar-refractivity contribution is 9.10. The van der Waals surface area contributed by atoms with Gasteiger partial charge in [-0.05, 0) is 50.1 Å². The fourth-order valence-corrected chi connectivity index (χ4v) is 4.11. The third-order valence-electron chi connectivity index (χ3n) is 4.74. The summed E-state index contributed by atoms with van der Waals surface area (Å²) in [5.74, 6) is 0.552. The topological polar surface area (TPSA) is 49.4 Å². The number of carbonyl (C=O) groups excluding carboxylic acids is 2. The van der Waals surface area contributed by atoms with Gasteiger partial charge in [0.25, 0.3) is 0 Å². The van der Waals surface area contributed by atoms with Crippen LogP contribution in [0.3, 0.4) is 0 Å². The van der Waals surface area contributed by atoms with Crippen molar-refractivity contribution in [2.24, 2.45) is 0 Å². The molecule has 2 rings (SSSR count). The fourth-order valence-electron chi connectivity index (χ4n) is 2.80. The van der Waals surface area contributed by atoms with Crippen LogP contribution in [0.15, 0.2) is 64.0 Å². The van der Waals surface area contributed by atoms with Gasteiger partial charge in [-0.3, -0.25) is 9.59 Å². The molecule has 2 atom stereocenters. The summed E-state index contributed by atoms with van der Waals surface area (Å²) in [6, 6.07) is 17.4. The largest absolute Gasteiger partial charge is 0.352 e. The molecular formula is C23H29BrN2O2S. The number of rotatable bonds is 10. The third kappa shape index (κ3) is 7.86. The molecule has 0 saturated carbocycles. The van der Waals surface area contributed by atoms with Gasteiger partial charge in [0.2, 0.25) is 11.8 Å². The predicted molar refractivity (Wildman–Crippen MR) is 124 cm³/mol. The van der Waals surface area contributed by atoms with E-state index < -0.39 is 6.04 Å². The first-order chi connectivity index (χ1) is 13.9. The number of halogens is 1. The minimum absolute atomic E-state index is 0.0137. The van der Waals surface area contributed by atoms with E-state index in [0.717, 1.165) is 21.4 Å². The highest BCUT2D eigenvalue weighted by atomic mass is 79.9. The van der Waals surface area contributed by atoms with Crippen molar-refractivity contribution in [2.75, 3.05) is 5.75 Å². The Hall–Kier alpha value is -1.79. The van der Waals surface area contributed by atoms with Crippen LogP contribution < -0.4 is 5.32 Å². The smallest absolute Gasteiger partial charge is 0.242 e.